The molecule has 0 aromatic rings. The Balaban J connectivity index is 1.75. The number of rotatable bonds is 4. The number of carbonyl (C=O) groups excluding carboxylic acids is 1. The van der Waals surface area contributed by atoms with Crippen molar-refractivity contribution in [3.05, 3.63) is 0 Å². The molecular formula is C16H28N2O3. The molecule has 2 aliphatic heterocycles. The van der Waals surface area contributed by atoms with E-state index in [1.807, 2.05) is 4.90 Å². The fraction of sp³-hybridized carbons (Fsp3) is 0.875. The van der Waals surface area contributed by atoms with Crippen LogP contribution in [0, 0.1) is 17.8 Å². The number of amides is 1. The molecule has 120 valence electrons. The van der Waals surface area contributed by atoms with Crippen LogP contribution in [0.2, 0.25) is 0 Å². The Labute approximate surface area is 127 Å². The van der Waals surface area contributed by atoms with Gasteiger partial charge in [0, 0.05) is 19.5 Å². The van der Waals surface area contributed by atoms with Crippen molar-refractivity contribution in [1.29, 1.82) is 0 Å². The maximum absolute atomic E-state index is 12.4. The number of likely N-dealkylation sites (tertiary alicyclic amines) is 2. The van der Waals surface area contributed by atoms with E-state index in [9.17, 15) is 9.59 Å². The molecule has 2 aliphatic rings. The average Bonchev–Trinajstić information content (AvgIpc) is 2.39. The standard InChI is InChI=1S/C16H28N2O3/c1-12-7-13(2)10-18(9-12)15(19)11-17-5-3-14(4-6-17)8-16(20)21/h12-14H,3-11H2,1-2H3,(H,20,21). The van der Waals surface area contributed by atoms with E-state index in [1.165, 1.54) is 6.42 Å². The van der Waals surface area contributed by atoms with Crippen LogP contribution >= 0.6 is 0 Å². The molecule has 1 amide bonds. The molecule has 5 nitrogen and oxygen atoms in total. The first-order chi connectivity index (χ1) is 9.94. The Morgan fingerprint density at radius 2 is 1.67 bits per heavy atom. The van der Waals surface area contributed by atoms with Crippen molar-refractivity contribution in [3.63, 3.8) is 0 Å². The SMILES string of the molecule is CC1CC(C)CN(C(=O)CN2CCC(CC(=O)O)CC2)C1. The Kier molecular flexibility index (Phi) is 5.62. The second kappa shape index (κ2) is 7.25. The molecule has 1 N–H and O–H groups in total. The lowest BCUT2D eigenvalue weighted by molar-refractivity contribution is -0.139. The molecule has 0 radical (unpaired) electrons. The van der Waals surface area contributed by atoms with E-state index in [4.69, 9.17) is 5.11 Å². The van der Waals surface area contributed by atoms with Crippen LogP contribution in [-0.4, -0.2) is 59.5 Å². The average molecular weight is 296 g/mol. The summed E-state index contributed by atoms with van der Waals surface area (Å²) in [5.41, 5.74) is 0. The first-order valence-electron chi connectivity index (χ1n) is 8.16. The molecular weight excluding hydrogens is 268 g/mol. The molecule has 2 fully saturated rings. The normalized spacial score (nSPS) is 28.6. The van der Waals surface area contributed by atoms with Gasteiger partial charge in [-0.3, -0.25) is 14.5 Å². The maximum atomic E-state index is 12.4. The van der Waals surface area contributed by atoms with Crippen molar-refractivity contribution in [2.24, 2.45) is 17.8 Å². The summed E-state index contributed by atoms with van der Waals surface area (Å²) in [7, 11) is 0. The summed E-state index contributed by atoms with van der Waals surface area (Å²) in [6, 6.07) is 0. The molecule has 2 heterocycles. The van der Waals surface area contributed by atoms with Gasteiger partial charge in [0.1, 0.15) is 0 Å². The highest BCUT2D eigenvalue weighted by atomic mass is 16.4. The van der Waals surface area contributed by atoms with Gasteiger partial charge < -0.3 is 10.0 Å². The summed E-state index contributed by atoms with van der Waals surface area (Å²) in [6.45, 7) is 8.41. The van der Waals surface area contributed by atoms with Crippen LogP contribution in [0.5, 0.6) is 0 Å². The van der Waals surface area contributed by atoms with Gasteiger partial charge in [-0.2, -0.15) is 0 Å². The van der Waals surface area contributed by atoms with Crippen molar-refractivity contribution in [3.8, 4) is 0 Å². The highest BCUT2D eigenvalue weighted by molar-refractivity contribution is 5.78. The summed E-state index contributed by atoms with van der Waals surface area (Å²) >= 11 is 0. The molecule has 5 heteroatoms. The molecule has 0 aromatic heterocycles. The summed E-state index contributed by atoms with van der Waals surface area (Å²) in [5, 5.41) is 8.82. The van der Waals surface area contributed by atoms with Crippen molar-refractivity contribution < 1.29 is 14.7 Å². The third kappa shape index (κ3) is 4.99. The third-order valence-corrected chi connectivity index (χ3v) is 4.75. The van der Waals surface area contributed by atoms with Crippen LogP contribution in [0.1, 0.15) is 39.5 Å². The van der Waals surface area contributed by atoms with Gasteiger partial charge in [-0.05, 0) is 50.1 Å². The molecule has 0 bridgehead atoms. The van der Waals surface area contributed by atoms with Crippen LogP contribution in [0.15, 0.2) is 0 Å². The molecule has 2 rings (SSSR count). The zero-order chi connectivity index (χ0) is 15.4. The molecule has 0 aromatic carbocycles. The van der Waals surface area contributed by atoms with Crippen LogP contribution in [0.25, 0.3) is 0 Å². The van der Waals surface area contributed by atoms with Gasteiger partial charge in [-0.15, -0.1) is 0 Å². The van der Waals surface area contributed by atoms with Crippen molar-refractivity contribution in [2.45, 2.75) is 39.5 Å². The lowest BCUT2D eigenvalue weighted by Gasteiger charge is -2.37. The number of hydrogen-bond acceptors (Lipinski definition) is 3. The first kappa shape index (κ1) is 16.3. The van der Waals surface area contributed by atoms with Gasteiger partial charge >= 0.3 is 5.97 Å². The smallest absolute Gasteiger partial charge is 0.303 e. The number of carboxylic acid groups (broad SMARTS) is 1. The number of nitrogens with zero attached hydrogens (tertiary/aromatic N) is 2. The maximum Gasteiger partial charge on any atom is 0.303 e. The zero-order valence-electron chi connectivity index (χ0n) is 13.3. The molecule has 2 unspecified atom stereocenters. The van der Waals surface area contributed by atoms with Crippen molar-refractivity contribution in [2.75, 3.05) is 32.7 Å². The number of piperidine rings is 2. The van der Waals surface area contributed by atoms with Gasteiger partial charge in [0.05, 0.1) is 6.54 Å². The van der Waals surface area contributed by atoms with Crippen LogP contribution in [0.3, 0.4) is 0 Å². The third-order valence-electron chi connectivity index (χ3n) is 4.75. The Hall–Kier alpha value is -1.10. The Morgan fingerprint density at radius 1 is 1.10 bits per heavy atom. The van der Waals surface area contributed by atoms with Crippen LogP contribution in [0.4, 0.5) is 0 Å². The van der Waals surface area contributed by atoms with Crippen molar-refractivity contribution >= 4 is 11.9 Å². The summed E-state index contributed by atoms with van der Waals surface area (Å²) in [4.78, 5) is 27.3. The minimum absolute atomic E-state index is 0.241. The van der Waals surface area contributed by atoms with Crippen LogP contribution in [-0.2, 0) is 9.59 Å². The van der Waals surface area contributed by atoms with E-state index in [-0.39, 0.29) is 18.2 Å². The van der Waals surface area contributed by atoms with E-state index in [0.717, 1.165) is 39.0 Å². The largest absolute Gasteiger partial charge is 0.481 e. The zero-order valence-corrected chi connectivity index (χ0v) is 13.3. The van der Waals surface area contributed by atoms with Crippen LogP contribution < -0.4 is 0 Å². The Morgan fingerprint density at radius 3 is 2.19 bits per heavy atom. The monoisotopic (exact) mass is 296 g/mol. The van der Waals surface area contributed by atoms with Gasteiger partial charge in [0.15, 0.2) is 0 Å². The number of hydrogen-bond donors (Lipinski definition) is 1. The van der Waals surface area contributed by atoms with Gasteiger partial charge in [-0.25, -0.2) is 0 Å². The quantitative estimate of drug-likeness (QED) is 0.857. The van der Waals surface area contributed by atoms with Gasteiger partial charge in [0.25, 0.3) is 0 Å². The molecule has 0 saturated carbocycles. The minimum Gasteiger partial charge on any atom is -0.481 e. The van der Waals surface area contributed by atoms with E-state index in [0.29, 0.717) is 18.4 Å². The number of carbonyl (C=O) groups is 2. The summed E-state index contributed by atoms with van der Waals surface area (Å²) in [6.07, 6.45) is 3.27. The summed E-state index contributed by atoms with van der Waals surface area (Å²) in [5.74, 6) is 1.01. The molecule has 0 aliphatic carbocycles. The molecule has 0 spiro atoms. The molecule has 2 atom stereocenters. The van der Waals surface area contributed by atoms with Crippen molar-refractivity contribution in [1.82, 2.24) is 9.80 Å². The highest BCUT2D eigenvalue weighted by Crippen LogP contribution is 2.23. The van der Waals surface area contributed by atoms with Gasteiger partial charge in [0.2, 0.25) is 5.91 Å². The first-order valence-corrected chi connectivity index (χ1v) is 8.16. The van der Waals surface area contributed by atoms with E-state index < -0.39 is 5.97 Å². The predicted octanol–water partition coefficient (Wildman–Crippen LogP) is 1.68. The fourth-order valence-corrected chi connectivity index (χ4v) is 3.75. The lowest BCUT2D eigenvalue weighted by Crippen LogP contribution is -2.48. The van der Waals surface area contributed by atoms with E-state index >= 15 is 0 Å². The number of aliphatic carboxylic acids is 1. The topological polar surface area (TPSA) is 60.9 Å². The summed E-state index contributed by atoms with van der Waals surface area (Å²) < 4.78 is 0. The second-order valence-electron chi connectivity index (χ2n) is 7.06. The Bertz CT molecular complexity index is 368. The van der Waals surface area contributed by atoms with E-state index in [2.05, 4.69) is 18.7 Å². The minimum atomic E-state index is -0.708. The lowest BCUT2D eigenvalue weighted by atomic mass is 9.91. The van der Waals surface area contributed by atoms with E-state index in [1.54, 1.807) is 0 Å². The highest BCUT2D eigenvalue weighted by Gasteiger charge is 2.28. The second-order valence-corrected chi connectivity index (χ2v) is 7.06. The van der Waals surface area contributed by atoms with Gasteiger partial charge in [-0.1, -0.05) is 13.8 Å². The fourth-order valence-electron chi connectivity index (χ4n) is 3.75. The molecule has 21 heavy (non-hydrogen) atoms. The predicted molar refractivity (Wildman–Crippen MR) is 80.9 cm³/mol. The molecule has 2 saturated heterocycles. The number of carboxylic acids is 1.